The molecule has 0 saturated carbocycles. The van der Waals surface area contributed by atoms with Crippen LogP contribution >= 0.6 is 23.4 Å². The van der Waals surface area contributed by atoms with Crippen molar-refractivity contribution in [2.24, 2.45) is 10.1 Å². The van der Waals surface area contributed by atoms with Gasteiger partial charge < -0.3 is 10.1 Å². The number of rotatable bonds is 6. The number of nitrogens with zero attached hydrogens (tertiary/aromatic N) is 3. The van der Waals surface area contributed by atoms with Crippen LogP contribution in [0.1, 0.15) is 35.6 Å². The van der Waals surface area contributed by atoms with Crippen molar-refractivity contribution < 1.29 is 14.3 Å². The van der Waals surface area contributed by atoms with E-state index in [0.29, 0.717) is 28.0 Å². The first-order chi connectivity index (χ1) is 17.9. The van der Waals surface area contributed by atoms with E-state index in [4.69, 9.17) is 21.4 Å². The molecule has 0 saturated heterocycles. The standard InChI is InChI=1S/C28H25ClN4O3S/c1-17-10-12-18(13-11-17)23-15-24(21-8-3-4-9-22(21)29)33(32-23)28-31-27(35)25(37-28)16-26(34)30-19-6-5-7-20(14-19)36-2/h3-14,24-25H,15-16H2,1-2H3,(H,30,34)/t24-,25+/m1/s1. The summed E-state index contributed by atoms with van der Waals surface area (Å²) in [5.41, 5.74) is 4.57. The normalized spacial score (nSPS) is 19.0. The van der Waals surface area contributed by atoms with Gasteiger partial charge in [-0.1, -0.05) is 77.5 Å². The Morgan fingerprint density at radius 1 is 1.14 bits per heavy atom. The summed E-state index contributed by atoms with van der Waals surface area (Å²) in [6.07, 6.45) is 0.606. The predicted molar refractivity (Wildman–Crippen MR) is 148 cm³/mol. The van der Waals surface area contributed by atoms with Crippen LogP contribution in [0, 0.1) is 6.92 Å². The summed E-state index contributed by atoms with van der Waals surface area (Å²) < 4.78 is 5.20. The molecule has 2 heterocycles. The number of carbonyl (C=O) groups excluding carboxylic acids is 2. The van der Waals surface area contributed by atoms with Gasteiger partial charge >= 0.3 is 0 Å². The molecule has 3 aromatic rings. The van der Waals surface area contributed by atoms with Crippen molar-refractivity contribution in [1.29, 1.82) is 0 Å². The molecule has 3 aromatic carbocycles. The molecule has 0 radical (unpaired) electrons. The largest absolute Gasteiger partial charge is 0.497 e. The molecular weight excluding hydrogens is 508 g/mol. The fraction of sp³-hybridized carbons (Fsp3) is 0.214. The molecule has 5 rings (SSSR count). The highest BCUT2D eigenvalue weighted by molar-refractivity contribution is 8.15. The number of amidine groups is 1. The van der Waals surface area contributed by atoms with Crippen molar-refractivity contribution >= 4 is 51.7 Å². The molecule has 2 atom stereocenters. The van der Waals surface area contributed by atoms with Gasteiger partial charge in [0.15, 0.2) is 5.17 Å². The number of anilines is 1. The average molecular weight is 533 g/mol. The van der Waals surface area contributed by atoms with Crippen molar-refractivity contribution in [2.75, 3.05) is 12.4 Å². The molecule has 0 aliphatic carbocycles. The molecule has 2 aliphatic rings. The lowest BCUT2D eigenvalue weighted by molar-refractivity contribution is -0.121. The smallest absolute Gasteiger partial charge is 0.262 e. The number of benzene rings is 3. The van der Waals surface area contributed by atoms with Gasteiger partial charge in [0.25, 0.3) is 5.91 Å². The fourth-order valence-corrected chi connectivity index (χ4v) is 5.60. The van der Waals surface area contributed by atoms with Gasteiger partial charge in [-0.2, -0.15) is 10.1 Å². The number of carbonyl (C=O) groups is 2. The third-order valence-electron chi connectivity index (χ3n) is 6.21. The number of aryl methyl sites for hydroxylation is 1. The summed E-state index contributed by atoms with van der Waals surface area (Å²) >= 11 is 7.82. The van der Waals surface area contributed by atoms with Crippen LogP contribution in [-0.2, 0) is 9.59 Å². The number of amides is 2. The zero-order chi connectivity index (χ0) is 25.9. The first-order valence-corrected chi connectivity index (χ1v) is 13.1. The Hall–Kier alpha value is -3.62. The number of nitrogens with one attached hydrogen (secondary N) is 1. The van der Waals surface area contributed by atoms with E-state index in [9.17, 15) is 9.59 Å². The number of methoxy groups -OCH3 is 1. The van der Waals surface area contributed by atoms with Crippen molar-refractivity contribution in [3.8, 4) is 5.75 Å². The maximum Gasteiger partial charge on any atom is 0.262 e. The summed E-state index contributed by atoms with van der Waals surface area (Å²) in [4.78, 5) is 29.8. The van der Waals surface area contributed by atoms with E-state index in [2.05, 4.69) is 10.3 Å². The Morgan fingerprint density at radius 3 is 2.68 bits per heavy atom. The Labute approximate surface area is 224 Å². The number of hydrazone groups is 1. The maximum atomic E-state index is 12.8. The Kier molecular flexibility index (Phi) is 7.30. The van der Waals surface area contributed by atoms with E-state index in [1.807, 2.05) is 55.5 Å². The summed E-state index contributed by atoms with van der Waals surface area (Å²) in [6.45, 7) is 2.04. The molecule has 0 fully saturated rings. The van der Waals surface area contributed by atoms with Gasteiger partial charge in [-0.3, -0.25) is 9.59 Å². The number of halogens is 1. The van der Waals surface area contributed by atoms with Crippen molar-refractivity contribution in [3.05, 3.63) is 94.5 Å². The second kappa shape index (κ2) is 10.8. The molecule has 0 spiro atoms. The second-order valence-corrected chi connectivity index (χ2v) is 10.4. The molecule has 9 heteroatoms. The maximum absolute atomic E-state index is 12.8. The highest BCUT2D eigenvalue weighted by Crippen LogP contribution is 2.40. The van der Waals surface area contributed by atoms with Crippen LogP contribution in [0.25, 0.3) is 0 Å². The summed E-state index contributed by atoms with van der Waals surface area (Å²) in [7, 11) is 1.56. The predicted octanol–water partition coefficient (Wildman–Crippen LogP) is 5.83. The van der Waals surface area contributed by atoms with Gasteiger partial charge in [0.1, 0.15) is 11.0 Å². The first-order valence-electron chi connectivity index (χ1n) is 11.8. The van der Waals surface area contributed by atoms with E-state index in [1.54, 1.807) is 36.4 Å². The van der Waals surface area contributed by atoms with Gasteiger partial charge in [0.2, 0.25) is 5.91 Å². The molecule has 2 amide bonds. The molecule has 1 N–H and O–H groups in total. The van der Waals surface area contributed by atoms with E-state index < -0.39 is 5.25 Å². The lowest BCUT2D eigenvalue weighted by Crippen LogP contribution is -2.25. The second-order valence-electron chi connectivity index (χ2n) is 8.82. The van der Waals surface area contributed by atoms with E-state index in [1.165, 1.54) is 17.3 Å². The average Bonchev–Trinajstić information content (AvgIpc) is 3.48. The van der Waals surface area contributed by atoms with Gasteiger partial charge in [0, 0.05) is 29.6 Å². The molecule has 7 nitrogen and oxygen atoms in total. The molecule has 37 heavy (non-hydrogen) atoms. The van der Waals surface area contributed by atoms with Crippen molar-refractivity contribution in [2.45, 2.75) is 31.1 Å². The van der Waals surface area contributed by atoms with Crippen LogP contribution in [0.2, 0.25) is 5.02 Å². The van der Waals surface area contributed by atoms with Gasteiger partial charge in [-0.25, -0.2) is 5.01 Å². The van der Waals surface area contributed by atoms with Crippen LogP contribution in [0.4, 0.5) is 5.69 Å². The third-order valence-corrected chi connectivity index (χ3v) is 7.69. The van der Waals surface area contributed by atoms with E-state index in [-0.39, 0.29) is 24.3 Å². The number of hydrogen-bond acceptors (Lipinski definition) is 6. The third kappa shape index (κ3) is 5.55. The molecule has 0 aromatic heterocycles. The first kappa shape index (κ1) is 25.0. The van der Waals surface area contributed by atoms with Crippen LogP contribution in [0.5, 0.6) is 5.75 Å². The minimum Gasteiger partial charge on any atom is -0.497 e. The number of thioether (sulfide) groups is 1. The van der Waals surface area contributed by atoms with Crippen LogP contribution in [-0.4, -0.2) is 40.1 Å². The molecule has 0 bridgehead atoms. The topological polar surface area (TPSA) is 83.4 Å². The van der Waals surface area contributed by atoms with Gasteiger partial charge in [0.05, 0.1) is 18.9 Å². The summed E-state index contributed by atoms with van der Waals surface area (Å²) in [5, 5.41) is 9.95. The molecule has 188 valence electrons. The number of aliphatic imine (C=N–C) groups is 1. The zero-order valence-electron chi connectivity index (χ0n) is 20.3. The van der Waals surface area contributed by atoms with Gasteiger partial charge in [-0.15, -0.1) is 0 Å². The monoisotopic (exact) mass is 532 g/mol. The summed E-state index contributed by atoms with van der Waals surface area (Å²) in [5.74, 6) is 0.0118. The fourth-order valence-electron chi connectivity index (χ4n) is 4.28. The lowest BCUT2D eigenvalue weighted by atomic mass is 9.98. The Morgan fingerprint density at radius 2 is 1.92 bits per heavy atom. The molecule has 0 unspecified atom stereocenters. The summed E-state index contributed by atoms with van der Waals surface area (Å²) in [6, 6.07) is 22.7. The highest BCUT2D eigenvalue weighted by atomic mass is 35.5. The van der Waals surface area contributed by atoms with Crippen molar-refractivity contribution in [3.63, 3.8) is 0 Å². The SMILES string of the molecule is COc1cccc(NC(=O)C[C@@H]2SC(N3N=C(c4ccc(C)cc4)C[C@@H]3c3ccccc3Cl)=NC2=O)c1. The van der Waals surface area contributed by atoms with Crippen LogP contribution in [0.15, 0.2) is 82.9 Å². The van der Waals surface area contributed by atoms with Gasteiger partial charge in [-0.05, 0) is 36.2 Å². The minimum absolute atomic E-state index is 0.00710. The Balaban J connectivity index is 1.35. The van der Waals surface area contributed by atoms with E-state index >= 15 is 0 Å². The number of ether oxygens (including phenoxy) is 1. The molecular formula is C28H25ClN4O3S. The van der Waals surface area contributed by atoms with Crippen LogP contribution in [0.3, 0.4) is 0 Å². The van der Waals surface area contributed by atoms with Crippen LogP contribution < -0.4 is 10.1 Å². The lowest BCUT2D eigenvalue weighted by Gasteiger charge is -2.23. The quantitative estimate of drug-likeness (QED) is 0.431. The van der Waals surface area contributed by atoms with E-state index in [0.717, 1.165) is 16.8 Å². The number of hydrogen-bond donors (Lipinski definition) is 1. The molecule has 2 aliphatic heterocycles. The zero-order valence-corrected chi connectivity index (χ0v) is 21.9. The van der Waals surface area contributed by atoms with Crippen molar-refractivity contribution in [1.82, 2.24) is 5.01 Å². The highest BCUT2D eigenvalue weighted by Gasteiger charge is 2.39. The Bertz CT molecular complexity index is 1410. The minimum atomic E-state index is -0.633.